The zero-order chi connectivity index (χ0) is 11.4. The molecule has 3 heteroatoms. The predicted octanol–water partition coefficient (Wildman–Crippen LogP) is 1.78. The number of nitrogens with one attached hydrogen (secondary N) is 1. The maximum absolute atomic E-state index is 12.3. The Kier molecular flexibility index (Phi) is 4.22. The lowest BCUT2D eigenvalue weighted by Crippen LogP contribution is -2.50. The molecule has 0 bridgehead atoms. The van der Waals surface area contributed by atoms with Gasteiger partial charge in [0.1, 0.15) is 0 Å². The second-order valence-corrected chi connectivity index (χ2v) is 5.18. The van der Waals surface area contributed by atoms with Gasteiger partial charge in [-0.3, -0.25) is 4.79 Å². The monoisotopic (exact) mass is 224 g/mol. The first kappa shape index (κ1) is 11.9. The molecule has 92 valence electrons. The van der Waals surface area contributed by atoms with Crippen molar-refractivity contribution in [1.29, 1.82) is 0 Å². The van der Waals surface area contributed by atoms with E-state index in [0.717, 1.165) is 32.0 Å². The Morgan fingerprint density at radius 2 is 2.06 bits per heavy atom. The molecule has 2 fully saturated rings. The topological polar surface area (TPSA) is 32.3 Å². The molecular weight excluding hydrogens is 200 g/mol. The minimum atomic E-state index is 0.105. The van der Waals surface area contributed by atoms with Crippen LogP contribution >= 0.6 is 0 Å². The molecule has 16 heavy (non-hydrogen) atoms. The second-order valence-electron chi connectivity index (χ2n) is 5.18. The van der Waals surface area contributed by atoms with Crippen LogP contribution < -0.4 is 5.32 Å². The molecule has 1 aliphatic carbocycles. The average molecular weight is 224 g/mol. The maximum Gasteiger partial charge on any atom is 0.239 e. The molecule has 2 aliphatic rings. The lowest BCUT2D eigenvalue weighted by Gasteiger charge is -2.34. The molecule has 1 saturated carbocycles. The van der Waals surface area contributed by atoms with Gasteiger partial charge in [-0.05, 0) is 45.1 Å². The lowest BCUT2D eigenvalue weighted by atomic mass is 9.85. The number of piperidine rings is 1. The van der Waals surface area contributed by atoms with E-state index in [9.17, 15) is 4.79 Å². The van der Waals surface area contributed by atoms with Crippen LogP contribution in [0.4, 0.5) is 0 Å². The van der Waals surface area contributed by atoms with E-state index >= 15 is 0 Å². The van der Waals surface area contributed by atoms with Crippen LogP contribution in [0.25, 0.3) is 0 Å². The number of carbonyl (C=O) groups is 1. The molecular formula is C13H24N2O. The summed E-state index contributed by atoms with van der Waals surface area (Å²) in [6.45, 7) is 4.97. The van der Waals surface area contributed by atoms with Gasteiger partial charge in [0, 0.05) is 13.1 Å². The van der Waals surface area contributed by atoms with Crippen molar-refractivity contribution >= 4 is 5.91 Å². The van der Waals surface area contributed by atoms with Crippen LogP contribution in [0.5, 0.6) is 0 Å². The smallest absolute Gasteiger partial charge is 0.239 e. The first-order valence-corrected chi connectivity index (χ1v) is 6.83. The zero-order valence-corrected chi connectivity index (χ0v) is 10.4. The first-order valence-electron chi connectivity index (χ1n) is 6.83. The highest BCUT2D eigenvalue weighted by Gasteiger charge is 2.28. The summed E-state index contributed by atoms with van der Waals surface area (Å²) in [5.74, 6) is 1.13. The number of rotatable bonds is 4. The van der Waals surface area contributed by atoms with Gasteiger partial charge in [0.15, 0.2) is 0 Å². The Morgan fingerprint density at radius 1 is 1.25 bits per heavy atom. The van der Waals surface area contributed by atoms with Gasteiger partial charge in [-0.1, -0.05) is 12.8 Å². The zero-order valence-electron chi connectivity index (χ0n) is 10.4. The minimum absolute atomic E-state index is 0.105. The normalized spacial score (nSPS) is 26.2. The Balaban J connectivity index is 1.83. The molecule has 1 saturated heterocycles. The SMILES string of the molecule is CCN(CC1CCC1)C(=O)[C@H]1CCCCN1. The van der Waals surface area contributed by atoms with Gasteiger partial charge >= 0.3 is 0 Å². The average Bonchev–Trinajstić information content (AvgIpc) is 2.28. The summed E-state index contributed by atoms with van der Waals surface area (Å²) in [5.41, 5.74) is 0. The summed E-state index contributed by atoms with van der Waals surface area (Å²) in [4.78, 5) is 14.3. The predicted molar refractivity (Wildman–Crippen MR) is 65.2 cm³/mol. The van der Waals surface area contributed by atoms with Gasteiger partial charge in [-0.15, -0.1) is 0 Å². The van der Waals surface area contributed by atoms with Crippen LogP contribution in [0.2, 0.25) is 0 Å². The van der Waals surface area contributed by atoms with Gasteiger partial charge in [-0.2, -0.15) is 0 Å². The van der Waals surface area contributed by atoms with Crippen molar-refractivity contribution in [2.24, 2.45) is 5.92 Å². The van der Waals surface area contributed by atoms with Gasteiger partial charge in [0.2, 0.25) is 5.91 Å². The van der Waals surface area contributed by atoms with Crippen molar-refractivity contribution in [3.8, 4) is 0 Å². The van der Waals surface area contributed by atoms with Crippen molar-refractivity contribution < 1.29 is 4.79 Å². The molecule has 0 aromatic carbocycles. The molecule has 1 atom stereocenters. The fourth-order valence-corrected chi connectivity index (χ4v) is 2.64. The van der Waals surface area contributed by atoms with Gasteiger partial charge < -0.3 is 10.2 Å². The van der Waals surface area contributed by atoms with E-state index in [1.165, 1.54) is 32.1 Å². The second kappa shape index (κ2) is 5.67. The third-order valence-electron chi connectivity index (χ3n) is 4.01. The molecule has 1 amide bonds. The minimum Gasteiger partial charge on any atom is -0.341 e. The quantitative estimate of drug-likeness (QED) is 0.789. The third kappa shape index (κ3) is 2.76. The van der Waals surface area contributed by atoms with E-state index in [1.807, 2.05) is 0 Å². The molecule has 0 aromatic heterocycles. The van der Waals surface area contributed by atoms with Crippen LogP contribution in [0.15, 0.2) is 0 Å². The molecule has 3 nitrogen and oxygen atoms in total. The lowest BCUT2D eigenvalue weighted by molar-refractivity contribution is -0.134. The van der Waals surface area contributed by atoms with Crippen LogP contribution in [0, 0.1) is 5.92 Å². The van der Waals surface area contributed by atoms with Crippen molar-refractivity contribution in [1.82, 2.24) is 10.2 Å². The highest BCUT2D eigenvalue weighted by atomic mass is 16.2. The summed E-state index contributed by atoms with van der Waals surface area (Å²) in [5, 5.41) is 3.35. The molecule has 0 unspecified atom stereocenters. The molecule has 0 radical (unpaired) electrons. The number of hydrogen-bond acceptors (Lipinski definition) is 2. The van der Waals surface area contributed by atoms with Gasteiger partial charge in [0.05, 0.1) is 6.04 Å². The fraction of sp³-hybridized carbons (Fsp3) is 0.923. The molecule has 2 rings (SSSR count). The molecule has 1 heterocycles. The number of amides is 1. The summed E-state index contributed by atoms with van der Waals surface area (Å²) in [7, 11) is 0. The van der Waals surface area contributed by atoms with Crippen LogP contribution in [0.3, 0.4) is 0 Å². The fourth-order valence-electron chi connectivity index (χ4n) is 2.64. The summed E-state index contributed by atoms with van der Waals surface area (Å²) >= 11 is 0. The number of likely N-dealkylation sites (N-methyl/N-ethyl adjacent to an activating group) is 1. The molecule has 0 spiro atoms. The van der Waals surface area contributed by atoms with Crippen molar-refractivity contribution in [3.05, 3.63) is 0 Å². The Hall–Kier alpha value is -0.570. The maximum atomic E-state index is 12.3. The van der Waals surface area contributed by atoms with E-state index in [4.69, 9.17) is 0 Å². The van der Waals surface area contributed by atoms with E-state index in [2.05, 4.69) is 17.1 Å². The van der Waals surface area contributed by atoms with Crippen molar-refractivity contribution in [2.45, 2.75) is 51.5 Å². The number of nitrogens with zero attached hydrogens (tertiary/aromatic N) is 1. The Bertz CT molecular complexity index is 232. The van der Waals surface area contributed by atoms with E-state index in [-0.39, 0.29) is 6.04 Å². The van der Waals surface area contributed by atoms with Gasteiger partial charge in [-0.25, -0.2) is 0 Å². The first-order chi connectivity index (χ1) is 7.81. The highest BCUT2D eigenvalue weighted by molar-refractivity contribution is 5.82. The summed E-state index contributed by atoms with van der Waals surface area (Å²) < 4.78 is 0. The highest BCUT2D eigenvalue weighted by Crippen LogP contribution is 2.27. The van der Waals surface area contributed by atoms with Crippen LogP contribution in [-0.4, -0.2) is 36.5 Å². The van der Waals surface area contributed by atoms with Crippen LogP contribution in [-0.2, 0) is 4.79 Å². The third-order valence-corrected chi connectivity index (χ3v) is 4.01. The Labute approximate surface area is 98.6 Å². The van der Waals surface area contributed by atoms with E-state index in [0.29, 0.717) is 5.91 Å². The van der Waals surface area contributed by atoms with Crippen molar-refractivity contribution in [2.75, 3.05) is 19.6 Å². The van der Waals surface area contributed by atoms with Gasteiger partial charge in [0.25, 0.3) is 0 Å². The van der Waals surface area contributed by atoms with E-state index < -0.39 is 0 Å². The summed E-state index contributed by atoms with van der Waals surface area (Å²) in [6, 6.07) is 0.105. The summed E-state index contributed by atoms with van der Waals surface area (Å²) in [6.07, 6.45) is 7.45. The molecule has 1 N–H and O–H groups in total. The number of carbonyl (C=O) groups excluding carboxylic acids is 1. The number of hydrogen-bond donors (Lipinski definition) is 1. The van der Waals surface area contributed by atoms with Crippen molar-refractivity contribution in [3.63, 3.8) is 0 Å². The standard InChI is InChI=1S/C13H24N2O/c1-2-15(10-11-6-5-7-11)13(16)12-8-3-4-9-14-12/h11-12,14H,2-10H2,1H3/t12-/m1/s1. The molecule has 0 aromatic rings. The van der Waals surface area contributed by atoms with Crippen LogP contribution in [0.1, 0.15) is 45.4 Å². The largest absolute Gasteiger partial charge is 0.341 e. The Morgan fingerprint density at radius 3 is 2.56 bits per heavy atom. The molecule has 1 aliphatic heterocycles. The van der Waals surface area contributed by atoms with E-state index in [1.54, 1.807) is 0 Å².